The number of quaternary nitrogens is 1. The van der Waals surface area contributed by atoms with Gasteiger partial charge in [-0.2, -0.15) is 0 Å². The summed E-state index contributed by atoms with van der Waals surface area (Å²) in [5.74, 6) is -1.91. The number of halogens is 1. The number of nitrogens with two attached hydrogens (primary N) is 1. The van der Waals surface area contributed by atoms with Crippen molar-refractivity contribution in [2.75, 3.05) is 13.1 Å². The van der Waals surface area contributed by atoms with Crippen molar-refractivity contribution >= 4 is 23.5 Å². The minimum atomic E-state index is -1.51. The predicted octanol–water partition coefficient (Wildman–Crippen LogP) is -0.396. The molecule has 1 aromatic rings. The molecule has 22 heavy (non-hydrogen) atoms. The fourth-order valence-corrected chi connectivity index (χ4v) is 2.16. The van der Waals surface area contributed by atoms with Crippen LogP contribution in [0.15, 0.2) is 30.4 Å². The zero-order valence-electron chi connectivity index (χ0n) is 12.1. The van der Waals surface area contributed by atoms with Crippen LogP contribution in [-0.4, -0.2) is 36.2 Å². The highest BCUT2D eigenvalue weighted by Crippen LogP contribution is 2.35. The zero-order valence-corrected chi connectivity index (χ0v) is 12.9. The molecule has 0 aliphatic carbocycles. The van der Waals surface area contributed by atoms with E-state index in [0.717, 1.165) is 30.3 Å². The molecule has 6 nitrogen and oxygen atoms in total. The second kappa shape index (κ2) is 9.07. The number of likely N-dealkylation sites (N-methyl/N-ethyl adjacent to an activating group) is 1. The molecule has 2 rings (SSSR count). The number of carbonyl (C=O) groups excluding carboxylic acids is 1. The monoisotopic (exact) mass is 327 g/mol. The lowest BCUT2D eigenvalue weighted by molar-refractivity contribution is -0.656. The smallest absolute Gasteiger partial charge is 0.328 e. The number of hydrogen-bond donors (Lipinski definition) is 2. The van der Waals surface area contributed by atoms with Crippen LogP contribution in [0.5, 0.6) is 5.75 Å². The van der Waals surface area contributed by atoms with E-state index in [0.29, 0.717) is 18.3 Å². The van der Waals surface area contributed by atoms with E-state index in [9.17, 15) is 14.7 Å². The lowest BCUT2D eigenvalue weighted by Crippen LogP contribution is -2.86. The Hall–Kier alpha value is -2.05. The number of ether oxygens (including phenoxy) is 1. The van der Waals surface area contributed by atoms with Gasteiger partial charge in [0.25, 0.3) is 0 Å². The van der Waals surface area contributed by atoms with Crippen molar-refractivity contribution in [1.82, 2.24) is 0 Å². The van der Waals surface area contributed by atoms with Crippen LogP contribution in [0.2, 0.25) is 5.02 Å². The maximum absolute atomic E-state index is 9.53. The maximum atomic E-state index is 9.53. The van der Waals surface area contributed by atoms with Gasteiger partial charge in [-0.1, -0.05) is 23.7 Å². The van der Waals surface area contributed by atoms with Gasteiger partial charge in [0.2, 0.25) is 0 Å². The summed E-state index contributed by atoms with van der Waals surface area (Å²) in [7, 11) is 0. The van der Waals surface area contributed by atoms with E-state index in [-0.39, 0.29) is 0 Å². The lowest BCUT2D eigenvalue weighted by atomic mass is 10.1. The molecule has 0 aromatic heterocycles. The average Bonchev–Trinajstić information content (AvgIpc) is 2.88. The Labute approximate surface area is 133 Å². The number of carbonyl (C=O) groups is 2. The van der Waals surface area contributed by atoms with Gasteiger partial charge in [-0.05, 0) is 24.6 Å². The van der Waals surface area contributed by atoms with Crippen molar-refractivity contribution < 1.29 is 29.9 Å². The quantitative estimate of drug-likeness (QED) is 0.717. The molecule has 0 amide bonds. The summed E-state index contributed by atoms with van der Waals surface area (Å²) in [4.78, 5) is 19.0. The van der Waals surface area contributed by atoms with Gasteiger partial charge in [0, 0.05) is 12.5 Å². The van der Waals surface area contributed by atoms with Crippen molar-refractivity contribution in [3.05, 3.63) is 40.9 Å². The summed E-state index contributed by atoms with van der Waals surface area (Å²) in [5, 5.41) is 20.2. The molecule has 1 aromatic carbocycles. The molecule has 0 saturated heterocycles. The lowest BCUT2D eigenvalue weighted by Gasteiger charge is -2.08. The third-order valence-electron chi connectivity index (χ3n) is 2.86. The van der Waals surface area contributed by atoms with E-state index < -0.39 is 11.9 Å². The number of rotatable bonds is 5. The van der Waals surface area contributed by atoms with Crippen LogP contribution in [0.3, 0.4) is 0 Å². The Morgan fingerprint density at radius 3 is 2.73 bits per heavy atom. The SMILES string of the molecule is CC[NH2+]CC1Cc2cccc(Cl)c2O1.O=C([O-])/C=C\C(=O)O. The van der Waals surface area contributed by atoms with E-state index in [1.807, 2.05) is 12.1 Å². The van der Waals surface area contributed by atoms with Crippen LogP contribution >= 0.6 is 11.6 Å². The Bertz CT molecular complexity index is 543. The van der Waals surface area contributed by atoms with Crippen LogP contribution in [0.1, 0.15) is 12.5 Å². The van der Waals surface area contributed by atoms with Gasteiger partial charge in [-0.3, -0.25) is 0 Å². The molecule has 0 saturated carbocycles. The Morgan fingerprint density at radius 1 is 1.50 bits per heavy atom. The maximum Gasteiger partial charge on any atom is 0.328 e. The second-order valence-electron chi connectivity index (χ2n) is 4.60. The van der Waals surface area contributed by atoms with Gasteiger partial charge in [-0.15, -0.1) is 0 Å². The number of para-hydroxylation sites is 1. The largest absolute Gasteiger partial charge is 0.545 e. The molecule has 1 aliphatic heterocycles. The van der Waals surface area contributed by atoms with Gasteiger partial charge in [0.05, 0.1) is 17.5 Å². The van der Waals surface area contributed by atoms with Gasteiger partial charge in [0.1, 0.15) is 12.3 Å². The summed E-state index contributed by atoms with van der Waals surface area (Å²) in [6.45, 7) is 4.26. The van der Waals surface area contributed by atoms with Crippen LogP contribution in [0, 0.1) is 0 Å². The Morgan fingerprint density at radius 2 is 2.23 bits per heavy atom. The first-order valence-electron chi connectivity index (χ1n) is 6.81. The second-order valence-corrected chi connectivity index (χ2v) is 5.00. The fraction of sp³-hybridized carbons (Fsp3) is 0.333. The summed E-state index contributed by atoms with van der Waals surface area (Å²) >= 11 is 6.03. The molecule has 120 valence electrons. The number of aliphatic carboxylic acids is 2. The van der Waals surface area contributed by atoms with Gasteiger partial charge in [-0.25, -0.2) is 4.79 Å². The topological polar surface area (TPSA) is 103 Å². The molecule has 1 unspecified atom stereocenters. The van der Waals surface area contributed by atoms with Gasteiger partial charge in [0.15, 0.2) is 6.10 Å². The minimum Gasteiger partial charge on any atom is -0.545 e. The molecule has 0 fully saturated rings. The van der Waals surface area contributed by atoms with Gasteiger partial charge >= 0.3 is 5.97 Å². The van der Waals surface area contributed by atoms with E-state index in [4.69, 9.17) is 21.4 Å². The third-order valence-corrected chi connectivity index (χ3v) is 3.16. The highest BCUT2D eigenvalue weighted by atomic mass is 35.5. The van der Waals surface area contributed by atoms with Crippen molar-refractivity contribution in [3.8, 4) is 5.75 Å². The first kappa shape index (κ1) is 18.0. The van der Waals surface area contributed by atoms with E-state index >= 15 is 0 Å². The number of carboxylic acids is 2. The molecule has 0 spiro atoms. The molecule has 7 heteroatoms. The standard InChI is InChI=1S/C11H14ClNO.C4H4O4/c1-2-13-7-9-6-8-4-3-5-10(12)11(8)14-9;5-3(6)1-2-4(7)8/h3-5,9,13H,2,6-7H2,1H3;1-2H,(H,5,6)(H,7,8)/b;2-1-. The predicted molar refractivity (Wildman–Crippen MR) is 78.7 cm³/mol. The molecule has 3 N–H and O–H groups in total. The van der Waals surface area contributed by atoms with Crippen molar-refractivity contribution in [2.24, 2.45) is 0 Å². The van der Waals surface area contributed by atoms with Crippen LogP contribution in [-0.2, 0) is 16.0 Å². The first-order valence-corrected chi connectivity index (χ1v) is 7.19. The molecule has 0 bridgehead atoms. The van der Waals surface area contributed by atoms with E-state index in [1.165, 1.54) is 5.56 Å². The molecule has 1 atom stereocenters. The zero-order chi connectivity index (χ0) is 16.5. The van der Waals surface area contributed by atoms with Crippen LogP contribution < -0.4 is 15.2 Å². The summed E-state index contributed by atoms with van der Waals surface area (Å²) in [6.07, 6.45) is 2.23. The summed E-state index contributed by atoms with van der Waals surface area (Å²) in [6, 6.07) is 5.95. The summed E-state index contributed by atoms with van der Waals surface area (Å²) in [5.41, 5.74) is 1.24. The van der Waals surface area contributed by atoms with Crippen molar-refractivity contribution in [3.63, 3.8) is 0 Å². The number of hydrogen-bond acceptors (Lipinski definition) is 4. The molecule has 1 heterocycles. The third kappa shape index (κ3) is 6.15. The van der Waals surface area contributed by atoms with E-state index in [1.54, 1.807) is 0 Å². The van der Waals surface area contributed by atoms with Crippen LogP contribution in [0.25, 0.3) is 0 Å². The summed E-state index contributed by atoms with van der Waals surface area (Å²) < 4.78 is 5.78. The Kier molecular flexibility index (Phi) is 7.42. The molecule has 1 aliphatic rings. The van der Waals surface area contributed by atoms with Crippen molar-refractivity contribution in [2.45, 2.75) is 19.4 Å². The first-order chi connectivity index (χ1) is 10.4. The minimum absolute atomic E-state index is 0.296. The molecular weight excluding hydrogens is 310 g/mol. The normalized spacial score (nSPS) is 15.6. The molecule has 0 radical (unpaired) electrons. The van der Waals surface area contributed by atoms with Crippen molar-refractivity contribution in [1.29, 1.82) is 0 Å². The van der Waals surface area contributed by atoms with E-state index in [2.05, 4.69) is 18.3 Å². The van der Waals surface area contributed by atoms with Crippen LogP contribution in [0.4, 0.5) is 0 Å². The highest BCUT2D eigenvalue weighted by Gasteiger charge is 2.25. The van der Waals surface area contributed by atoms with Gasteiger partial charge < -0.3 is 25.1 Å². The number of fused-ring (bicyclic) bond motifs is 1. The molecular formula is C15H18ClNO5. The highest BCUT2D eigenvalue weighted by molar-refractivity contribution is 6.32. The number of benzene rings is 1. The average molecular weight is 328 g/mol. The number of carboxylic acid groups (broad SMARTS) is 2. The Balaban J connectivity index is 0.000000261. The fourth-order valence-electron chi connectivity index (χ4n) is 1.92.